The second-order valence-electron chi connectivity index (χ2n) is 8.08. The number of aromatic nitrogens is 4. The number of pyridine rings is 2. The number of nitrogens with one attached hydrogen (secondary N) is 2. The summed E-state index contributed by atoms with van der Waals surface area (Å²) in [5.41, 5.74) is 4.40. The molecule has 1 atom stereocenters. The number of carbonyl (C=O) groups excluding carboxylic acids is 1. The summed E-state index contributed by atoms with van der Waals surface area (Å²) in [6, 6.07) is 10.1. The van der Waals surface area contributed by atoms with Gasteiger partial charge in [-0.2, -0.15) is 5.10 Å². The molecular weight excluding hydrogens is 459 g/mol. The van der Waals surface area contributed by atoms with E-state index >= 15 is 0 Å². The van der Waals surface area contributed by atoms with Gasteiger partial charge in [-0.3, -0.25) is 14.9 Å². The first-order chi connectivity index (χ1) is 16.5. The molecule has 0 amide bonds. The summed E-state index contributed by atoms with van der Waals surface area (Å²) in [5, 5.41) is 10.8. The quantitative estimate of drug-likeness (QED) is 0.419. The summed E-state index contributed by atoms with van der Waals surface area (Å²) >= 11 is 6.08. The molecule has 0 saturated carbocycles. The Labute approximate surface area is 200 Å². The monoisotopic (exact) mass is 480 g/mol. The second kappa shape index (κ2) is 9.36. The zero-order chi connectivity index (χ0) is 23.7. The number of anilines is 1. The van der Waals surface area contributed by atoms with E-state index in [0.717, 1.165) is 24.3 Å². The van der Waals surface area contributed by atoms with E-state index in [0.29, 0.717) is 46.0 Å². The fourth-order valence-electron chi connectivity index (χ4n) is 4.17. The molecule has 2 N–H and O–H groups in total. The van der Waals surface area contributed by atoms with E-state index in [1.165, 1.54) is 19.2 Å². The average molecular weight is 481 g/mol. The number of halogens is 2. The van der Waals surface area contributed by atoms with Crippen molar-refractivity contribution < 1.29 is 13.9 Å². The summed E-state index contributed by atoms with van der Waals surface area (Å²) in [6.07, 6.45) is 3.81. The van der Waals surface area contributed by atoms with Gasteiger partial charge in [0.2, 0.25) is 0 Å². The Bertz CT molecular complexity index is 1360. The first kappa shape index (κ1) is 22.2. The number of rotatable bonds is 5. The van der Waals surface area contributed by atoms with Gasteiger partial charge in [0.25, 0.3) is 0 Å². The second-order valence-corrected chi connectivity index (χ2v) is 8.51. The predicted molar refractivity (Wildman–Crippen MR) is 128 cm³/mol. The van der Waals surface area contributed by atoms with E-state index in [2.05, 4.69) is 25.4 Å². The largest absolute Gasteiger partial charge is 0.469 e. The molecule has 1 aliphatic heterocycles. The zero-order valence-electron chi connectivity index (χ0n) is 18.4. The first-order valence-corrected chi connectivity index (χ1v) is 11.2. The minimum Gasteiger partial charge on any atom is -0.469 e. The third-order valence-corrected chi connectivity index (χ3v) is 6.12. The van der Waals surface area contributed by atoms with Crippen LogP contribution in [0.5, 0.6) is 0 Å². The van der Waals surface area contributed by atoms with E-state index in [1.54, 1.807) is 12.3 Å². The Balaban J connectivity index is 1.47. The molecule has 3 aromatic heterocycles. The number of benzene rings is 1. The van der Waals surface area contributed by atoms with Gasteiger partial charge in [-0.15, -0.1) is 0 Å². The van der Waals surface area contributed by atoms with E-state index < -0.39 is 5.82 Å². The normalized spacial score (nSPS) is 16.1. The van der Waals surface area contributed by atoms with Crippen molar-refractivity contribution in [2.45, 2.75) is 12.5 Å². The van der Waals surface area contributed by atoms with Crippen LogP contribution in [0.1, 0.15) is 6.42 Å². The summed E-state index contributed by atoms with van der Waals surface area (Å²) < 4.78 is 19.3. The predicted octanol–water partition coefficient (Wildman–Crippen LogP) is 3.82. The van der Waals surface area contributed by atoms with Crippen molar-refractivity contribution in [2.75, 3.05) is 31.6 Å². The lowest BCUT2D eigenvalue weighted by Crippen LogP contribution is -2.51. The highest BCUT2D eigenvalue weighted by Crippen LogP contribution is 2.33. The minimum atomic E-state index is -0.414. The molecule has 0 bridgehead atoms. The number of carbonyl (C=O) groups is 1. The van der Waals surface area contributed by atoms with Gasteiger partial charge in [-0.25, -0.2) is 9.37 Å². The van der Waals surface area contributed by atoms with Crippen LogP contribution in [0, 0.1) is 5.82 Å². The third kappa shape index (κ3) is 4.44. The van der Waals surface area contributed by atoms with Crippen molar-refractivity contribution >= 4 is 34.3 Å². The van der Waals surface area contributed by atoms with Crippen molar-refractivity contribution in [1.82, 2.24) is 25.5 Å². The molecule has 1 aromatic carbocycles. The molecule has 0 radical (unpaired) electrons. The Morgan fingerprint density at radius 3 is 2.97 bits per heavy atom. The molecular formula is C24H22ClFN6O2. The number of nitrogens with zero attached hydrogens (tertiary/aromatic N) is 4. The van der Waals surface area contributed by atoms with E-state index in [9.17, 15) is 9.18 Å². The van der Waals surface area contributed by atoms with Crippen molar-refractivity contribution in [1.29, 1.82) is 0 Å². The standard InChI is InChI=1S/C24H22ClFN6O2/c1-34-23(33)9-15-13-32(7-6-27-15)16-10-22-21(28-11-16)5-4-20(30-22)18-12-29-31-24(18)17-8-14(25)2-3-19(17)26/h2-5,8,10-12,15,27H,6-7,9,13H2,1H3,(H,29,31). The lowest BCUT2D eigenvalue weighted by atomic mass is 10.0. The Hall–Kier alpha value is -3.56. The Kier molecular flexibility index (Phi) is 6.12. The Morgan fingerprint density at radius 1 is 1.24 bits per heavy atom. The molecule has 1 aliphatic rings. The molecule has 4 heterocycles. The van der Waals surface area contributed by atoms with Crippen molar-refractivity contribution in [3.63, 3.8) is 0 Å². The number of aromatic amines is 1. The van der Waals surface area contributed by atoms with Gasteiger partial charge < -0.3 is 15.0 Å². The van der Waals surface area contributed by atoms with E-state index in [1.807, 2.05) is 24.4 Å². The van der Waals surface area contributed by atoms with Crippen LogP contribution in [0.3, 0.4) is 0 Å². The minimum absolute atomic E-state index is 0.00253. The third-order valence-electron chi connectivity index (χ3n) is 5.88. The molecule has 174 valence electrons. The highest BCUT2D eigenvalue weighted by atomic mass is 35.5. The number of esters is 1. The number of fused-ring (bicyclic) bond motifs is 1. The fourth-order valence-corrected chi connectivity index (χ4v) is 4.34. The topological polar surface area (TPSA) is 96.0 Å². The van der Waals surface area contributed by atoms with Gasteiger partial charge in [-0.1, -0.05) is 11.6 Å². The lowest BCUT2D eigenvalue weighted by Gasteiger charge is -2.34. The fraction of sp³-hybridized carbons (Fsp3) is 0.250. The van der Waals surface area contributed by atoms with Crippen molar-refractivity contribution in [3.8, 4) is 22.5 Å². The van der Waals surface area contributed by atoms with Crippen LogP contribution in [0.15, 0.2) is 48.8 Å². The van der Waals surface area contributed by atoms with Gasteiger partial charge in [0.15, 0.2) is 0 Å². The van der Waals surface area contributed by atoms with Crippen LogP contribution in [0.4, 0.5) is 10.1 Å². The number of H-pyrrole nitrogens is 1. The summed E-state index contributed by atoms with van der Waals surface area (Å²) in [7, 11) is 1.39. The molecule has 8 nitrogen and oxygen atoms in total. The van der Waals surface area contributed by atoms with Crippen molar-refractivity contribution in [3.05, 3.63) is 59.6 Å². The maximum absolute atomic E-state index is 14.5. The summed E-state index contributed by atoms with van der Waals surface area (Å²) in [4.78, 5) is 23.2. The maximum atomic E-state index is 14.5. The Morgan fingerprint density at radius 2 is 2.12 bits per heavy atom. The summed E-state index contributed by atoms with van der Waals surface area (Å²) in [5.74, 6) is -0.655. The molecule has 1 saturated heterocycles. The van der Waals surface area contributed by atoms with Gasteiger partial charge in [0.1, 0.15) is 11.5 Å². The van der Waals surface area contributed by atoms with Gasteiger partial charge in [-0.05, 0) is 36.4 Å². The lowest BCUT2D eigenvalue weighted by molar-refractivity contribution is -0.141. The van der Waals surface area contributed by atoms with E-state index in [-0.39, 0.29) is 12.0 Å². The molecule has 10 heteroatoms. The van der Waals surface area contributed by atoms with Gasteiger partial charge in [0.05, 0.1) is 42.1 Å². The van der Waals surface area contributed by atoms with Gasteiger partial charge in [0, 0.05) is 48.0 Å². The molecule has 0 aliphatic carbocycles. The zero-order valence-corrected chi connectivity index (χ0v) is 19.1. The number of ether oxygens (including phenoxy) is 1. The number of methoxy groups -OCH3 is 1. The molecule has 1 fully saturated rings. The van der Waals surface area contributed by atoms with Crippen LogP contribution in [-0.2, 0) is 9.53 Å². The van der Waals surface area contributed by atoms with Crippen LogP contribution < -0.4 is 10.2 Å². The highest BCUT2D eigenvalue weighted by Gasteiger charge is 2.23. The number of piperazine rings is 1. The molecule has 5 rings (SSSR count). The van der Waals surface area contributed by atoms with Crippen LogP contribution >= 0.6 is 11.6 Å². The van der Waals surface area contributed by atoms with Crippen molar-refractivity contribution in [2.24, 2.45) is 0 Å². The smallest absolute Gasteiger partial charge is 0.307 e. The summed E-state index contributed by atoms with van der Waals surface area (Å²) in [6.45, 7) is 2.18. The number of hydrogen-bond donors (Lipinski definition) is 2. The van der Waals surface area contributed by atoms with Gasteiger partial charge >= 0.3 is 5.97 Å². The van der Waals surface area contributed by atoms with Crippen LogP contribution in [0.2, 0.25) is 5.02 Å². The maximum Gasteiger partial charge on any atom is 0.307 e. The van der Waals surface area contributed by atoms with Crippen LogP contribution in [0.25, 0.3) is 33.5 Å². The molecule has 34 heavy (non-hydrogen) atoms. The molecule has 4 aromatic rings. The highest BCUT2D eigenvalue weighted by molar-refractivity contribution is 6.30. The first-order valence-electron chi connectivity index (χ1n) is 10.8. The van der Waals surface area contributed by atoms with Crippen LogP contribution in [-0.4, -0.2) is 58.9 Å². The number of hydrogen-bond acceptors (Lipinski definition) is 7. The van der Waals surface area contributed by atoms with E-state index in [4.69, 9.17) is 21.3 Å². The molecule has 1 unspecified atom stereocenters. The SMILES string of the molecule is COC(=O)CC1CN(c2cnc3ccc(-c4c[nH]nc4-c4cc(Cl)ccc4F)nc3c2)CCN1. The molecule has 0 spiro atoms. The average Bonchev–Trinajstić information content (AvgIpc) is 3.34.